The van der Waals surface area contributed by atoms with Crippen molar-refractivity contribution in [1.29, 1.82) is 0 Å². The largest absolute Gasteiger partial charge is 0.340 e. The Kier molecular flexibility index (Phi) is 5.60. The lowest BCUT2D eigenvalue weighted by atomic mass is 10.2. The van der Waals surface area contributed by atoms with E-state index in [-0.39, 0.29) is 36.4 Å². The molecule has 1 atom stereocenters. The van der Waals surface area contributed by atoms with Gasteiger partial charge in [-0.15, -0.1) is 0 Å². The first-order valence-electron chi connectivity index (χ1n) is 9.24. The van der Waals surface area contributed by atoms with E-state index in [4.69, 9.17) is 0 Å². The molecule has 7 nitrogen and oxygen atoms in total. The van der Waals surface area contributed by atoms with E-state index in [0.29, 0.717) is 5.56 Å². The van der Waals surface area contributed by atoms with Gasteiger partial charge >= 0.3 is 0 Å². The van der Waals surface area contributed by atoms with Crippen molar-refractivity contribution in [2.45, 2.75) is 26.8 Å². The van der Waals surface area contributed by atoms with E-state index in [1.54, 1.807) is 6.92 Å². The zero-order chi connectivity index (χ0) is 20.5. The van der Waals surface area contributed by atoms with Crippen LogP contribution in [0.1, 0.15) is 28.7 Å². The number of amides is 2. The molecule has 1 aromatic heterocycles. The number of nitrogens with zero attached hydrogens (tertiary/aromatic N) is 2. The summed E-state index contributed by atoms with van der Waals surface area (Å²) >= 11 is 0. The van der Waals surface area contributed by atoms with Gasteiger partial charge in [-0.05, 0) is 39.0 Å². The average molecular weight is 404 g/mol. The number of nitrogens with one attached hydrogen (secondary N) is 1. The molecule has 0 radical (unpaired) electrons. The second-order valence-corrected chi connectivity index (χ2v) is 9.43. The summed E-state index contributed by atoms with van der Waals surface area (Å²) in [5.74, 6) is -0.643. The number of aryl methyl sites for hydroxylation is 1. The first-order chi connectivity index (χ1) is 13.2. The third-order valence-electron chi connectivity index (χ3n) is 5.06. The second kappa shape index (κ2) is 7.79. The van der Waals surface area contributed by atoms with Crippen molar-refractivity contribution in [3.05, 3.63) is 53.3 Å². The highest BCUT2D eigenvalue weighted by atomic mass is 32.2. The van der Waals surface area contributed by atoms with E-state index < -0.39 is 15.9 Å². The van der Waals surface area contributed by atoms with Crippen LogP contribution in [0.4, 0.5) is 0 Å². The number of para-hydroxylation sites is 1. The first-order valence-corrected chi connectivity index (χ1v) is 11.1. The van der Waals surface area contributed by atoms with Gasteiger partial charge in [0.2, 0.25) is 5.91 Å². The van der Waals surface area contributed by atoms with Crippen molar-refractivity contribution in [2.75, 3.05) is 24.6 Å². The molecule has 2 aromatic rings. The molecule has 2 heterocycles. The average Bonchev–Trinajstić information content (AvgIpc) is 2.96. The molecule has 2 amide bonds. The lowest BCUT2D eigenvalue weighted by molar-refractivity contribution is -0.132. The number of rotatable bonds is 4. The number of aromatic nitrogens is 1. The Balaban J connectivity index is 1.72. The Hall–Kier alpha value is -2.61. The van der Waals surface area contributed by atoms with Crippen LogP contribution in [0, 0.1) is 13.8 Å². The maximum atomic E-state index is 12.8. The molecule has 0 saturated carbocycles. The molecule has 0 spiro atoms. The van der Waals surface area contributed by atoms with Gasteiger partial charge in [0.25, 0.3) is 5.91 Å². The summed E-state index contributed by atoms with van der Waals surface area (Å²) in [5, 5.41) is 2.75. The highest BCUT2D eigenvalue weighted by molar-refractivity contribution is 7.91. The van der Waals surface area contributed by atoms with Crippen LogP contribution in [0.3, 0.4) is 0 Å². The molecule has 3 rings (SSSR count). The normalized spacial score (nSPS) is 17.2. The molecule has 0 aliphatic carbocycles. The summed E-state index contributed by atoms with van der Waals surface area (Å²) in [6, 6.07) is 10.8. The van der Waals surface area contributed by atoms with Gasteiger partial charge in [0.05, 0.1) is 17.1 Å². The highest BCUT2D eigenvalue weighted by Crippen LogP contribution is 2.20. The molecule has 28 heavy (non-hydrogen) atoms. The first kappa shape index (κ1) is 20.1. The van der Waals surface area contributed by atoms with E-state index in [2.05, 4.69) is 5.32 Å². The maximum Gasteiger partial charge on any atom is 0.253 e. The van der Waals surface area contributed by atoms with Crippen LogP contribution in [0.15, 0.2) is 36.4 Å². The zero-order valence-electron chi connectivity index (χ0n) is 16.3. The van der Waals surface area contributed by atoms with Crippen molar-refractivity contribution in [2.24, 2.45) is 0 Å². The lowest BCUT2D eigenvalue weighted by Crippen LogP contribution is -2.51. The molecule has 150 valence electrons. The Morgan fingerprint density at radius 3 is 2.29 bits per heavy atom. The van der Waals surface area contributed by atoms with E-state index in [9.17, 15) is 18.0 Å². The van der Waals surface area contributed by atoms with Crippen LogP contribution < -0.4 is 5.32 Å². The summed E-state index contributed by atoms with van der Waals surface area (Å²) in [5.41, 5.74) is 3.21. The predicted molar refractivity (Wildman–Crippen MR) is 107 cm³/mol. The van der Waals surface area contributed by atoms with E-state index >= 15 is 0 Å². The maximum absolute atomic E-state index is 12.8. The Morgan fingerprint density at radius 2 is 1.68 bits per heavy atom. The Bertz CT molecular complexity index is 982. The molecular weight excluding hydrogens is 378 g/mol. The quantitative estimate of drug-likeness (QED) is 0.837. The number of carbonyl (C=O) groups is 2. The molecule has 1 aromatic carbocycles. The second-order valence-electron chi connectivity index (χ2n) is 7.13. The fourth-order valence-electron chi connectivity index (χ4n) is 3.51. The van der Waals surface area contributed by atoms with Crippen LogP contribution in [0.5, 0.6) is 0 Å². The van der Waals surface area contributed by atoms with E-state index in [1.807, 2.05) is 54.8 Å². The molecule has 1 fully saturated rings. The van der Waals surface area contributed by atoms with Crippen molar-refractivity contribution in [3.63, 3.8) is 0 Å². The van der Waals surface area contributed by atoms with Gasteiger partial charge in [-0.3, -0.25) is 9.59 Å². The molecule has 1 unspecified atom stereocenters. The van der Waals surface area contributed by atoms with Gasteiger partial charge in [-0.25, -0.2) is 8.42 Å². The predicted octanol–water partition coefficient (Wildman–Crippen LogP) is 1.47. The molecule has 1 N–H and O–H groups in total. The minimum atomic E-state index is -3.06. The SMILES string of the molecule is Cc1cc(C(=O)NC(C)C(=O)N2CCS(=O)(=O)CC2)c(C)n1-c1ccccc1. The fraction of sp³-hybridized carbons (Fsp3) is 0.400. The number of carbonyl (C=O) groups excluding carboxylic acids is 2. The van der Waals surface area contributed by atoms with Crippen molar-refractivity contribution in [3.8, 4) is 5.69 Å². The smallest absolute Gasteiger partial charge is 0.253 e. The van der Waals surface area contributed by atoms with Gasteiger partial charge in [-0.1, -0.05) is 18.2 Å². The van der Waals surface area contributed by atoms with Crippen LogP contribution in [-0.4, -0.2) is 60.3 Å². The van der Waals surface area contributed by atoms with Gasteiger partial charge in [0, 0.05) is 30.2 Å². The van der Waals surface area contributed by atoms with Gasteiger partial charge in [0.15, 0.2) is 9.84 Å². The van der Waals surface area contributed by atoms with Crippen LogP contribution in [-0.2, 0) is 14.6 Å². The third-order valence-corrected chi connectivity index (χ3v) is 6.67. The molecular formula is C20H25N3O4S. The van der Waals surface area contributed by atoms with Gasteiger partial charge in [-0.2, -0.15) is 0 Å². The molecule has 1 saturated heterocycles. The summed E-state index contributed by atoms with van der Waals surface area (Å²) in [6.07, 6.45) is 0. The number of benzene rings is 1. The molecule has 8 heteroatoms. The van der Waals surface area contributed by atoms with Crippen molar-refractivity contribution < 1.29 is 18.0 Å². The topological polar surface area (TPSA) is 88.5 Å². The van der Waals surface area contributed by atoms with Gasteiger partial charge < -0.3 is 14.8 Å². The standard InChI is InChI=1S/C20H25N3O4S/c1-14-13-18(16(3)23(14)17-7-5-4-6-8-17)19(24)21-15(2)20(25)22-9-11-28(26,27)12-10-22/h4-8,13,15H,9-12H2,1-3H3,(H,21,24). The summed E-state index contributed by atoms with van der Waals surface area (Å²) in [6.45, 7) is 5.77. The summed E-state index contributed by atoms with van der Waals surface area (Å²) in [4.78, 5) is 26.8. The summed E-state index contributed by atoms with van der Waals surface area (Å²) in [7, 11) is -3.06. The van der Waals surface area contributed by atoms with Crippen molar-refractivity contribution in [1.82, 2.24) is 14.8 Å². The Morgan fingerprint density at radius 1 is 1.07 bits per heavy atom. The lowest BCUT2D eigenvalue weighted by Gasteiger charge is -2.29. The van der Waals surface area contributed by atoms with Gasteiger partial charge in [0.1, 0.15) is 6.04 Å². The van der Waals surface area contributed by atoms with Crippen LogP contribution >= 0.6 is 0 Å². The monoisotopic (exact) mass is 403 g/mol. The van der Waals surface area contributed by atoms with Crippen molar-refractivity contribution >= 4 is 21.7 Å². The van der Waals surface area contributed by atoms with E-state index in [0.717, 1.165) is 17.1 Å². The molecule has 1 aliphatic heterocycles. The van der Waals surface area contributed by atoms with Crippen LogP contribution in [0.2, 0.25) is 0 Å². The minimum Gasteiger partial charge on any atom is -0.340 e. The fourth-order valence-corrected chi connectivity index (χ4v) is 4.71. The molecule has 0 bridgehead atoms. The highest BCUT2D eigenvalue weighted by Gasteiger charge is 2.29. The van der Waals surface area contributed by atoms with Crippen LogP contribution in [0.25, 0.3) is 5.69 Å². The minimum absolute atomic E-state index is 0.0301. The number of sulfone groups is 1. The zero-order valence-corrected chi connectivity index (χ0v) is 17.1. The summed E-state index contributed by atoms with van der Waals surface area (Å²) < 4.78 is 25.1. The number of hydrogen-bond acceptors (Lipinski definition) is 4. The number of hydrogen-bond donors (Lipinski definition) is 1. The molecule has 1 aliphatic rings. The third kappa shape index (κ3) is 4.11. The van der Waals surface area contributed by atoms with E-state index in [1.165, 1.54) is 4.90 Å². The Labute approximate surface area is 165 Å².